The smallest absolute Gasteiger partial charge is 0.302 e. The van der Waals surface area contributed by atoms with Gasteiger partial charge in [-0.05, 0) is 36.3 Å². The Morgan fingerprint density at radius 3 is 2.56 bits per heavy atom. The van der Waals surface area contributed by atoms with E-state index in [4.69, 9.17) is 0 Å². The number of ketones is 1. The van der Waals surface area contributed by atoms with E-state index in [1.165, 1.54) is 0 Å². The predicted octanol–water partition coefficient (Wildman–Crippen LogP) is 2.03. The van der Waals surface area contributed by atoms with Crippen molar-refractivity contribution in [2.45, 2.75) is 31.6 Å². The number of nitrogens with zero attached hydrogens (tertiary/aromatic N) is 1. The number of nitrogens with one attached hydrogen (secondary N) is 2. The summed E-state index contributed by atoms with van der Waals surface area (Å²) in [4.78, 5) is 39.7. The Morgan fingerprint density at radius 1 is 1.18 bits per heavy atom. The third-order valence-electron chi connectivity index (χ3n) is 4.50. The zero-order valence-corrected chi connectivity index (χ0v) is 19.9. The van der Waals surface area contributed by atoms with Gasteiger partial charge in [0.15, 0.2) is 9.84 Å². The molecule has 2 N–H and O–H groups in total. The minimum Gasteiger partial charge on any atom is -0.302 e. The number of aromatic nitrogens is 1. The van der Waals surface area contributed by atoms with Crippen LogP contribution in [0.3, 0.4) is 0 Å². The van der Waals surface area contributed by atoms with Crippen molar-refractivity contribution < 1.29 is 36.0 Å². The molecule has 0 unspecified atom stereocenters. The van der Waals surface area contributed by atoms with Crippen LogP contribution in [-0.4, -0.2) is 66.7 Å². The van der Waals surface area contributed by atoms with E-state index in [0.717, 1.165) is 34.5 Å². The number of pyridine rings is 1. The summed E-state index contributed by atoms with van der Waals surface area (Å²) in [7, 11) is -3.64. The van der Waals surface area contributed by atoms with Crippen LogP contribution in [0.25, 0.3) is 10.9 Å². The Balaban J connectivity index is 1.98. The fraction of sp³-hybridized carbons (Fsp3) is 0.429. The van der Waals surface area contributed by atoms with Crippen molar-refractivity contribution in [3.05, 3.63) is 42.1 Å². The number of fused-ring (bicyclic) bond motifs is 1. The molecule has 2 aromatic rings. The first-order valence-electron chi connectivity index (χ1n) is 10.1. The lowest BCUT2D eigenvalue weighted by Gasteiger charge is -2.18. The van der Waals surface area contributed by atoms with Crippen molar-refractivity contribution in [2.24, 2.45) is 0 Å². The molecule has 0 aliphatic heterocycles. The van der Waals surface area contributed by atoms with E-state index < -0.39 is 51.2 Å². The predicted molar refractivity (Wildman–Crippen MR) is 123 cm³/mol. The first-order chi connectivity index (χ1) is 15.8. The van der Waals surface area contributed by atoms with Gasteiger partial charge in [-0.2, -0.15) is 24.9 Å². The normalized spacial score (nSPS) is 12.9. The number of rotatable bonds is 12. The largest absolute Gasteiger partial charge is 0.450 e. The molecule has 2 amide bonds. The van der Waals surface area contributed by atoms with Crippen LogP contribution in [0.15, 0.2) is 36.5 Å². The Morgan fingerprint density at radius 2 is 1.88 bits per heavy atom. The van der Waals surface area contributed by atoms with Crippen LogP contribution in [0.1, 0.15) is 18.4 Å². The molecule has 0 bridgehead atoms. The molecule has 1 heterocycles. The lowest BCUT2D eigenvalue weighted by molar-refractivity contribution is -0.167. The average Bonchev–Trinajstić information content (AvgIpc) is 2.73. The van der Waals surface area contributed by atoms with Crippen LogP contribution in [-0.2, 0) is 30.8 Å². The standard InChI is InChI=1S/C21H24F3N3O5S2/c1-34(31,32)13-19(29)27-20(30)17(7-4-8-33-12-18(28)21(22,23)24)26-11-14-9-15-5-2-3-6-16(15)25-10-14/h2-3,5-6,9-10,17,26H,4,7-8,11-13H2,1H3,(H,27,29,30)/t17-/m0/s1. The number of alkyl halides is 3. The maximum Gasteiger partial charge on any atom is 0.450 e. The first kappa shape index (κ1) is 27.7. The van der Waals surface area contributed by atoms with Crippen LogP contribution >= 0.6 is 11.8 Å². The second-order valence-corrected chi connectivity index (χ2v) is 10.8. The molecule has 0 saturated carbocycles. The van der Waals surface area contributed by atoms with Gasteiger partial charge in [0.05, 0.1) is 17.3 Å². The lowest BCUT2D eigenvalue weighted by Crippen LogP contribution is -2.47. The number of imide groups is 1. The fourth-order valence-electron chi connectivity index (χ4n) is 2.92. The van der Waals surface area contributed by atoms with Crippen LogP contribution in [0.4, 0.5) is 13.2 Å². The summed E-state index contributed by atoms with van der Waals surface area (Å²) in [5.41, 5.74) is 1.54. The summed E-state index contributed by atoms with van der Waals surface area (Å²) < 4.78 is 59.4. The SMILES string of the molecule is CS(=O)(=O)CC(=O)NC(=O)[C@H](CCCSCC(=O)C(F)(F)F)NCc1cnc2ccccc2c1. The number of para-hydroxylation sites is 1. The van der Waals surface area contributed by atoms with Crippen LogP contribution in [0.2, 0.25) is 0 Å². The van der Waals surface area contributed by atoms with Gasteiger partial charge < -0.3 is 5.32 Å². The van der Waals surface area contributed by atoms with Gasteiger partial charge in [0.1, 0.15) is 5.75 Å². The number of halogens is 3. The Hall–Kier alpha value is -2.51. The molecule has 2 rings (SSSR count). The third-order valence-corrected chi connectivity index (χ3v) is 6.33. The average molecular weight is 520 g/mol. The number of benzene rings is 1. The summed E-state index contributed by atoms with van der Waals surface area (Å²) >= 11 is 0.794. The monoisotopic (exact) mass is 519 g/mol. The lowest BCUT2D eigenvalue weighted by atomic mass is 10.1. The third kappa shape index (κ3) is 9.77. The molecule has 186 valence electrons. The van der Waals surface area contributed by atoms with Gasteiger partial charge in [-0.3, -0.25) is 24.7 Å². The summed E-state index contributed by atoms with van der Waals surface area (Å²) in [5.74, 6) is -4.95. The van der Waals surface area contributed by atoms with E-state index >= 15 is 0 Å². The summed E-state index contributed by atoms with van der Waals surface area (Å²) in [6, 6.07) is 8.37. The fourth-order valence-corrected chi connectivity index (χ4v) is 4.33. The van der Waals surface area contributed by atoms with E-state index in [9.17, 15) is 36.0 Å². The van der Waals surface area contributed by atoms with Gasteiger partial charge in [0, 0.05) is 24.4 Å². The van der Waals surface area contributed by atoms with Gasteiger partial charge in [-0.25, -0.2) is 8.42 Å². The van der Waals surface area contributed by atoms with Gasteiger partial charge in [-0.1, -0.05) is 18.2 Å². The van der Waals surface area contributed by atoms with Gasteiger partial charge in [-0.15, -0.1) is 0 Å². The summed E-state index contributed by atoms with van der Waals surface area (Å²) in [6.45, 7) is 0.204. The Bertz CT molecular complexity index is 1140. The molecular formula is C21H24F3N3O5S2. The molecule has 1 aromatic heterocycles. The van der Waals surface area contributed by atoms with Crippen molar-refractivity contribution in [3.8, 4) is 0 Å². The minimum atomic E-state index is -4.88. The van der Waals surface area contributed by atoms with E-state index in [1.807, 2.05) is 35.6 Å². The van der Waals surface area contributed by atoms with E-state index in [1.54, 1.807) is 6.20 Å². The topological polar surface area (TPSA) is 122 Å². The first-order valence-corrected chi connectivity index (χ1v) is 13.3. The number of thioether (sulfide) groups is 1. The molecule has 8 nitrogen and oxygen atoms in total. The number of hydrogen-bond acceptors (Lipinski definition) is 8. The van der Waals surface area contributed by atoms with E-state index in [0.29, 0.717) is 0 Å². The highest BCUT2D eigenvalue weighted by Crippen LogP contribution is 2.19. The highest BCUT2D eigenvalue weighted by molar-refractivity contribution is 7.99. The zero-order chi connectivity index (χ0) is 25.4. The molecule has 0 fully saturated rings. The quantitative estimate of drug-likeness (QED) is 0.409. The molecule has 34 heavy (non-hydrogen) atoms. The van der Waals surface area contributed by atoms with Crippen molar-refractivity contribution in [2.75, 3.05) is 23.5 Å². The van der Waals surface area contributed by atoms with Gasteiger partial charge in [0.2, 0.25) is 17.6 Å². The molecule has 1 atom stereocenters. The highest BCUT2D eigenvalue weighted by atomic mass is 32.2. The van der Waals surface area contributed by atoms with E-state index in [2.05, 4.69) is 10.3 Å². The molecule has 0 aliphatic rings. The van der Waals surface area contributed by atoms with Crippen molar-refractivity contribution in [1.82, 2.24) is 15.6 Å². The number of amides is 2. The number of hydrogen-bond donors (Lipinski definition) is 2. The Kier molecular flexibility index (Phi) is 10.0. The number of carbonyl (C=O) groups is 3. The molecule has 0 spiro atoms. The van der Waals surface area contributed by atoms with Crippen LogP contribution in [0, 0.1) is 0 Å². The summed E-state index contributed by atoms with van der Waals surface area (Å²) in [6.07, 6.45) is -1.98. The molecule has 1 aromatic carbocycles. The van der Waals surface area contributed by atoms with Crippen molar-refractivity contribution in [1.29, 1.82) is 0 Å². The van der Waals surface area contributed by atoms with Crippen molar-refractivity contribution >= 4 is 50.1 Å². The maximum atomic E-state index is 12.6. The van der Waals surface area contributed by atoms with Gasteiger partial charge in [0.25, 0.3) is 0 Å². The molecule has 0 aliphatic carbocycles. The Labute approximate surface area is 199 Å². The molecule has 0 saturated heterocycles. The minimum absolute atomic E-state index is 0.145. The van der Waals surface area contributed by atoms with Gasteiger partial charge >= 0.3 is 6.18 Å². The molecule has 13 heteroatoms. The highest BCUT2D eigenvalue weighted by Gasteiger charge is 2.37. The zero-order valence-electron chi connectivity index (χ0n) is 18.2. The van der Waals surface area contributed by atoms with E-state index in [-0.39, 0.29) is 25.1 Å². The number of Topliss-reactive ketones (excluding diaryl/α,β-unsaturated/α-hetero) is 1. The summed E-state index contributed by atoms with van der Waals surface area (Å²) in [5, 5.41) is 5.91. The number of sulfone groups is 1. The maximum absolute atomic E-state index is 12.6. The second-order valence-electron chi connectivity index (χ2n) is 7.57. The van der Waals surface area contributed by atoms with Crippen LogP contribution < -0.4 is 10.6 Å². The van der Waals surface area contributed by atoms with Crippen molar-refractivity contribution in [3.63, 3.8) is 0 Å². The van der Waals surface area contributed by atoms with Crippen LogP contribution in [0.5, 0.6) is 0 Å². The second kappa shape index (κ2) is 12.3. The molecule has 0 radical (unpaired) electrons. The molecular weight excluding hydrogens is 495 g/mol. The number of carbonyl (C=O) groups excluding carboxylic acids is 3.